The van der Waals surface area contributed by atoms with Crippen molar-refractivity contribution in [2.45, 2.75) is 25.7 Å². The third kappa shape index (κ3) is 3.35. The lowest BCUT2D eigenvalue weighted by molar-refractivity contribution is -0.154. The van der Waals surface area contributed by atoms with Crippen molar-refractivity contribution in [2.24, 2.45) is 0 Å². The molecule has 5 heteroatoms. The maximum atomic E-state index is 12.2. The van der Waals surface area contributed by atoms with Gasteiger partial charge in [-0.3, -0.25) is 4.79 Å². The predicted octanol–water partition coefficient (Wildman–Crippen LogP) is 1.96. The van der Waals surface area contributed by atoms with E-state index in [-0.39, 0.29) is 19.6 Å². The molecule has 0 aliphatic rings. The average Bonchev–Trinajstić information content (AvgIpc) is 2.46. The summed E-state index contributed by atoms with van der Waals surface area (Å²) in [5.41, 5.74) is -1.24. The molecule has 0 radical (unpaired) electrons. The second kappa shape index (κ2) is 7.29. The Morgan fingerprint density at radius 3 is 2.25 bits per heavy atom. The molecule has 0 N–H and O–H groups in total. The van der Waals surface area contributed by atoms with E-state index in [0.29, 0.717) is 5.56 Å². The fourth-order valence-electron chi connectivity index (χ4n) is 1.85. The lowest BCUT2D eigenvalue weighted by Crippen LogP contribution is -2.39. The van der Waals surface area contributed by atoms with Crippen molar-refractivity contribution in [1.82, 2.24) is 0 Å². The molecule has 0 heterocycles. The molecule has 20 heavy (non-hydrogen) atoms. The van der Waals surface area contributed by atoms with Crippen LogP contribution in [-0.4, -0.2) is 25.2 Å². The smallest absolute Gasteiger partial charge is 0.331 e. The normalized spacial score (nSPS) is 12.8. The molecule has 0 fully saturated rings. The summed E-state index contributed by atoms with van der Waals surface area (Å²) in [6.45, 7) is 3.64. The number of ether oxygens (including phenoxy) is 2. The van der Waals surface area contributed by atoms with Gasteiger partial charge < -0.3 is 9.47 Å². The minimum absolute atomic E-state index is 0.137. The predicted molar refractivity (Wildman–Crippen MR) is 71.6 cm³/mol. The highest BCUT2D eigenvalue weighted by molar-refractivity contribution is 5.91. The summed E-state index contributed by atoms with van der Waals surface area (Å²) >= 11 is 0. The molecule has 0 aromatic heterocycles. The molecule has 0 saturated carbocycles. The fourth-order valence-corrected chi connectivity index (χ4v) is 1.85. The van der Waals surface area contributed by atoms with Crippen LogP contribution in [0.15, 0.2) is 30.3 Å². The van der Waals surface area contributed by atoms with Crippen LogP contribution in [0.25, 0.3) is 0 Å². The van der Waals surface area contributed by atoms with Gasteiger partial charge in [-0.25, -0.2) is 4.79 Å². The highest BCUT2D eigenvalue weighted by atomic mass is 16.5. The molecule has 106 valence electrons. The summed E-state index contributed by atoms with van der Waals surface area (Å²) in [5.74, 6) is -1.34. The third-order valence-corrected chi connectivity index (χ3v) is 2.80. The Morgan fingerprint density at radius 1 is 1.15 bits per heavy atom. The van der Waals surface area contributed by atoms with Crippen LogP contribution in [0, 0.1) is 11.3 Å². The number of hydrogen-bond donors (Lipinski definition) is 0. The molecule has 0 aliphatic carbocycles. The lowest BCUT2D eigenvalue weighted by atomic mass is 9.79. The maximum absolute atomic E-state index is 12.2. The SMILES string of the molecule is CCOC(=O)CC(C#N)(C(=O)OCC)c1ccccc1. The molecule has 0 saturated heterocycles. The van der Waals surface area contributed by atoms with Gasteiger partial charge in [0, 0.05) is 0 Å². The zero-order valence-corrected chi connectivity index (χ0v) is 11.6. The number of nitrogens with zero attached hydrogens (tertiary/aromatic N) is 1. The quantitative estimate of drug-likeness (QED) is 0.742. The largest absolute Gasteiger partial charge is 0.466 e. The zero-order chi connectivity index (χ0) is 15.0. The van der Waals surface area contributed by atoms with Gasteiger partial charge in [0.15, 0.2) is 5.41 Å². The van der Waals surface area contributed by atoms with Crippen molar-refractivity contribution in [2.75, 3.05) is 13.2 Å². The summed E-state index contributed by atoms with van der Waals surface area (Å²) in [5, 5.41) is 9.49. The Morgan fingerprint density at radius 2 is 1.75 bits per heavy atom. The van der Waals surface area contributed by atoms with Crippen molar-refractivity contribution in [3.05, 3.63) is 35.9 Å². The van der Waals surface area contributed by atoms with E-state index in [0.717, 1.165) is 0 Å². The molecule has 1 aromatic carbocycles. The maximum Gasteiger partial charge on any atom is 0.331 e. The summed E-state index contributed by atoms with van der Waals surface area (Å²) in [7, 11) is 0. The monoisotopic (exact) mass is 275 g/mol. The number of carbonyl (C=O) groups is 2. The fraction of sp³-hybridized carbons (Fsp3) is 0.400. The van der Waals surface area contributed by atoms with Crippen LogP contribution in [0.2, 0.25) is 0 Å². The zero-order valence-electron chi connectivity index (χ0n) is 11.6. The molecule has 1 unspecified atom stereocenters. The van der Waals surface area contributed by atoms with Gasteiger partial charge in [-0.15, -0.1) is 0 Å². The van der Waals surface area contributed by atoms with E-state index in [2.05, 4.69) is 0 Å². The highest BCUT2D eigenvalue weighted by Crippen LogP contribution is 2.29. The molecular formula is C15H17NO4. The lowest BCUT2D eigenvalue weighted by Gasteiger charge is -2.23. The van der Waals surface area contributed by atoms with Gasteiger partial charge in [0.2, 0.25) is 0 Å². The second-order valence-corrected chi connectivity index (χ2v) is 4.09. The van der Waals surface area contributed by atoms with Gasteiger partial charge >= 0.3 is 11.9 Å². The van der Waals surface area contributed by atoms with E-state index in [9.17, 15) is 14.9 Å². The van der Waals surface area contributed by atoms with Gasteiger partial charge in [0.05, 0.1) is 25.7 Å². The van der Waals surface area contributed by atoms with E-state index in [1.165, 1.54) is 0 Å². The molecule has 0 spiro atoms. The third-order valence-electron chi connectivity index (χ3n) is 2.80. The second-order valence-electron chi connectivity index (χ2n) is 4.09. The minimum Gasteiger partial charge on any atom is -0.466 e. The number of benzene rings is 1. The van der Waals surface area contributed by atoms with Crippen molar-refractivity contribution in [1.29, 1.82) is 5.26 Å². The summed E-state index contributed by atoms with van der Waals surface area (Å²) < 4.78 is 9.81. The number of hydrogen-bond acceptors (Lipinski definition) is 5. The van der Waals surface area contributed by atoms with E-state index in [1.54, 1.807) is 44.2 Å². The molecule has 0 aliphatic heterocycles. The van der Waals surface area contributed by atoms with Crippen molar-refractivity contribution >= 4 is 11.9 Å². The standard InChI is InChI=1S/C15H17NO4/c1-3-19-13(17)10-15(11-16,14(18)20-4-2)12-8-6-5-7-9-12/h5-9H,3-4,10H2,1-2H3. The summed E-state index contributed by atoms with van der Waals surface area (Å²) in [6, 6.07) is 10.3. The van der Waals surface area contributed by atoms with E-state index in [4.69, 9.17) is 9.47 Å². The van der Waals surface area contributed by atoms with Crippen LogP contribution in [0.1, 0.15) is 25.8 Å². The van der Waals surface area contributed by atoms with Crippen LogP contribution in [-0.2, 0) is 24.5 Å². The molecular weight excluding hydrogens is 258 g/mol. The number of esters is 2. The van der Waals surface area contributed by atoms with Gasteiger partial charge in [-0.2, -0.15) is 5.26 Å². The first-order chi connectivity index (χ1) is 9.60. The highest BCUT2D eigenvalue weighted by Gasteiger charge is 2.44. The van der Waals surface area contributed by atoms with Crippen molar-refractivity contribution < 1.29 is 19.1 Å². The van der Waals surface area contributed by atoms with Crippen LogP contribution < -0.4 is 0 Å². The average molecular weight is 275 g/mol. The van der Waals surface area contributed by atoms with E-state index < -0.39 is 17.4 Å². The molecule has 1 atom stereocenters. The summed E-state index contributed by atoms with van der Waals surface area (Å²) in [6.07, 6.45) is -0.361. The Kier molecular flexibility index (Phi) is 5.73. The number of rotatable bonds is 6. The number of nitriles is 1. The Balaban J connectivity index is 3.20. The molecule has 1 rings (SSSR count). The van der Waals surface area contributed by atoms with Gasteiger partial charge in [0.25, 0.3) is 0 Å². The Hall–Kier alpha value is -2.35. The van der Waals surface area contributed by atoms with E-state index in [1.807, 2.05) is 6.07 Å². The van der Waals surface area contributed by atoms with Crippen LogP contribution in [0.5, 0.6) is 0 Å². The van der Waals surface area contributed by atoms with Crippen molar-refractivity contribution in [3.8, 4) is 6.07 Å². The first-order valence-corrected chi connectivity index (χ1v) is 6.40. The molecule has 1 aromatic rings. The Labute approximate surface area is 118 Å². The summed E-state index contributed by atoms with van der Waals surface area (Å²) in [4.78, 5) is 23.9. The number of carbonyl (C=O) groups excluding carboxylic acids is 2. The van der Waals surface area contributed by atoms with Gasteiger partial charge in [-0.1, -0.05) is 30.3 Å². The molecule has 0 amide bonds. The minimum atomic E-state index is -1.66. The van der Waals surface area contributed by atoms with Gasteiger partial charge in [0.1, 0.15) is 0 Å². The first-order valence-electron chi connectivity index (χ1n) is 6.40. The van der Waals surface area contributed by atoms with Crippen LogP contribution in [0.4, 0.5) is 0 Å². The molecule has 0 bridgehead atoms. The first kappa shape index (κ1) is 15.7. The van der Waals surface area contributed by atoms with E-state index >= 15 is 0 Å². The van der Waals surface area contributed by atoms with Crippen LogP contribution >= 0.6 is 0 Å². The topological polar surface area (TPSA) is 76.4 Å². The molecule has 5 nitrogen and oxygen atoms in total. The van der Waals surface area contributed by atoms with Crippen molar-refractivity contribution in [3.63, 3.8) is 0 Å². The Bertz CT molecular complexity index is 506. The van der Waals surface area contributed by atoms with Crippen LogP contribution in [0.3, 0.4) is 0 Å². The van der Waals surface area contributed by atoms with Gasteiger partial charge in [-0.05, 0) is 19.4 Å².